The number of nitrogens with zero attached hydrogens (tertiary/aromatic N) is 3. The zero-order valence-corrected chi connectivity index (χ0v) is 11.9. The van der Waals surface area contributed by atoms with Gasteiger partial charge in [0.25, 0.3) is 0 Å². The molecule has 2 aromatic heterocycles. The minimum Gasteiger partial charge on any atom is -0.354 e. The van der Waals surface area contributed by atoms with Gasteiger partial charge in [0, 0.05) is 31.2 Å². The van der Waals surface area contributed by atoms with Crippen LogP contribution in [-0.2, 0) is 19.6 Å². The summed E-state index contributed by atoms with van der Waals surface area (Å²) >= 11 is 0. The largest absolute Gasteiger partial charge is 0.433 e. The van der Waals surface area contributed by atoms with Crippen LogP contribution in [0.2, 0.25) is 0 Å². The van der Waals surface area contributed by atoms with E-state index in [1.165, 1.54) is 5.69 Å². The van der Waals surface area contributed by atoms with Gasteiger partial charge in [-0.2, -0.15) is 13.2 Å². The van der Waals surface area contributed by atoms with E-state index in [2.05, 4.69) is 15.3 Å². The fourth-order valence-electron chi connectivity index (χ4n) is 2.00. The minimum atomic E-state index is -4.45. The van der Waals surface area contributed by atoms with Crippen molar-refractivity contribution in [3.05, 3.63) is 42.0 Å². The van der Waals surface area contributed by atoms with E-state index in [9.17, 15) is 13.2 Å². The zero-order chi connectivity index (χ0) is 15.5. The van der Waals surface area contributed by atoms with Crippen LogP contribution in [-0.4, -0.2) is 20.6 Å². The lowest BCUT2D eigenvalue weighted by molar-refractivity contribution is -0.141. The molecule has 0 aromatic carbocycles. The first kappa shape index (κ1) is 15.3. The first-order valence-electron chi connectivity index (χ1n) is 6.63. The van der Waals surface area contributed by atoms with Gasteiger partial charge in [-0.1, -0.05) is 0 Å². The lowest BCUT2D eigenvalue weighted by Gasteiger charge is -2.15. The van der Waals surface area contributed by atoms with Gasteiger partial charge in [-0.3, -0.25) is 0 Å². The molecule has 0 unspecified atom stereocenters. The summed E-state index contributed by atoms with van der Waals surface area (Å²) in [5, 5.41) is 2.90. The molecule has 0 aliphatic heterocycles. The molecule has 2 aromatic rings. The van der Waals surface area contributed by atoms with Gasteiger partial charge in [-0.05, 0) is 38.0 Å². The van der Waals surface area contributed by atoms with Crippen molar-refractivity contribution < 1.29 is 13.2 Å². The Bertz CT molecular complexity index is 592. The van der Waals surface area contributed by atoms with Crippen LogP contribution in [0.5, 0.6) is 0 Å². The molecule has 0 radical (unpaired) electrons. The van der Waals surface area contributed by atoms with Crippen LogP contribution in [0.3, 0.4) is 0 Å². The molecule has 0 saturated heterocycles. The third-order valence-electron chi connectivity index (χ3n) is 3.21. The second kappa shape index (κ2) is 6.15. The molecular formula is C14H17F3N4. The SMILES string of the molecule is C[C@H](CCc1cccn1C)Nc1nccc(C(F)(F)F)n1. The third-order valence-corrected chi connectivity index (χ3v) is 3.21. The van der Waals surface area contributed by atoms with E-state index < -0.39 is 11.9 Å². The number of alkyl halides is 3. The summed E-state index contributed by atoms with van der Waals surface area (Å²) < 4.78 is 39.7. The van der Waals surface area contributed by atoms with E-state index in [0.29, 0.717) is 0 Å². The van der Waals surface area contributed by atoms with Crippen molar-refractivity contribution >= 4 is 5.95 Å². The molecular weight excluding hydrogens is 281 g/mol. The predicted molar refractivity (Wildman–Crippen MR) is 73.9 cm³/mol. The molecule has 0 bridgehead atoms. The number of nitrogens with one attached hydrogen (secondary N) is 1. The van der Waals surface area contributed by atoms with Crippen LogP contribution in [0.4, 0.5) is 19.1 Å². The number of halogens is 3. The monoisotopic (exact) mass is 298 g/mol. The van der Waals surface area contributed by atoms with E-state index in [4.69, 9.17) is 0 Å². The Kier molecular flexibility index (Phi) is 4.50. The van der Waals surface area contributed by atoms with E-state index in [1.54, 1.807) is 0 Å². The van der Waals surface area contributed by atoms with Gasteiger partial charge in [-0.25, -0.2) is 9.97 Å². The van der Waals surface area contributed by atoms with Crippen LogP contribution in [0.1, 0.15) is 24.7 Å². The van der Waals surface area contributed by atoms with Gasteiger partial charge in [0.1, 0.15) is 5.69 Å². The van der Waals surface area contributed by atoms with Crippen molar-refractivity contribution in [2.24, 2.45) is 7.05 Å². The first-order valence-corrected chi connectivity index (χ1v) is 6.63. The highest BCUT2D eigenvalue weighted by Crippen LogP contribution is 2.27. The van der Waals surface area contributed by atoms with Crippen molar-refractivity contribution in [2.45, 2.75) is 32.0 Å². The Morgan fingerprint density at radius 1 is 1.33 bits per heavy atom. The minimum absolute atomic E-state index is 0.00389. The number of aryl methyl sites for hydroxylation is 2. The average Bonchev–Trinajstić information content (AvgIpc) is 2.81. The predicted octanol–water partition coefficient (Wildman–Crippen LogP) is 3.27. The van der Waals surface area contributed by atoms with Crippen molar-refractivity contribution in [2.75, 3.05) is 5.32 Å². The molecule has 4 nitrogen and oxygen atoms in total. The summed E-state index contributed by atoms with van der Waals surface area (Å²) in [6.07, 6.45) is 0.227. The highest BCUT2D eigenvalue weighted by atomic mass is 19.4. The molecule has 1 atom stereocenters. The summed E-state index contributed by atoms with van der Waals surface area (Å²) in [6.45, 7) is 1.90. The second-order valence-electron chi connectivity index (χ2n) is 4.96. The maximum atomic E-state index is 12.6. The lowest BCUT2D eigenvalue weighted by Crippen LogP contribution is -2.19. The molecule has 2 rings (SSSR count). The average molecular weight is 298 g/mol. The van der Waals surface area contributed by atoms with Gasteiger partial charge < -0.3 is 9.88 Å². The fourth-order valence-corrected chi connectivity index (χ4v) is 2.00. The van der Waals surface area contributed by atoms with Crippen LogP contribution in [0, 0.1) is 0 Å². The molecule has 0 aliphatic carbocycles. The smallest absolute Gasteiger partial charge is 0.354 e. The molecule has 114 valence electrons. The van der Waals surface area contributed by atoms with Gasteiger partial charge in [-0.15, -0.1) is 0 Å². The summed E-state index contributed by atoms with van der Waals surface area (Å²) in [4.78, 5) is 7.32. The van der Waals surface area contributed by atoms with Crippen LogP contribution >= 0.6 is 0 Å². The fraction of sp³-hybridized carbons (Fsp3) is 0.429. The van der Waals surface area contributed by atoms with E-state index >= 15 is 0 Å². The molecule has 1 N–H and O–H groups in total. The van der Waals surface area contributed by atoms with Crippen molar-refractivity contribution in [3.8, 4) is 0 Å². The first-order chi connectivity index (χ1) is 9.86. The van der Waals surface area contributed by atoms with E-state index in [0.717, 1.165) is 25.1 Å². The normalized spacial score (nSPS) is 13.2. The number of hydrogen-bond donors (Lipinski definition) is 1. The molecule has 21 heavy (non-hydrogen) atoms. The van der Waals surface area contributed by atoms with E-state index in [1.807, 2.05) is 36.9 Å². The Hall–Kier alpha value is -2.05. The number of hydrogen-bond acceptors (Lipinski definition) is 3. The second-order valence-corrected chi connectivity index (χ2v) is 4.96. The van der Waals surface area contributed by atoms with Crippen LogP contribution in [0.15, 0.2) is 30.6 Å². The number of rotatable bonds is 5. The molecule has 2 heterocycles. The molecule has 0 fully saturated rings. The van der Waals surface area contributed by atoms with Crippen molar-refractivity contribution in [1.29, 1.82) is 0 Å². The molecule has 0 spiro atoms. The maximum absolute atomic E-state index is 12.6. The van der Waals surface area contributed by atoms with Gasteiger partial charge in [0.05, 0.1) is 0 Å². The van der Waals surface area contributed by atoms with Gasteiger partial charge in [0.2, 0.25) is 5.95 Å². The summed E-state index contributed by atoms with van der Waals surface area (Å²) in [7, 11) is 1.96. The Morgan fingerprint density at radius 2 is 2.10 bits per heavy atom. The summed E-state index contributed by atoms with van der Waals surface area (Å²) in [6, 6.07) is 4.82. The van der Waals surface area contributed by atoms with Crippen molar-refractivity contribution in [1.82, 2.24) is 14.5 Å². The topological polar surface area (TPSA) is 42.7 Å². The van der Waals surface area contributed by atoms with Crippen LogP contribution < -0.4 is 5.32 Å². The highest BCUT2D eigenvalue weighted by Gasteiger charge is 2.32. The highest BCUT2D eigenvalue weighted by molar-refractivity contribution is 5.27. The quantitative estimate of drug-likeness (QED) is 0.921. The third kappa shape index (κ3) is 4.21. The Morgan fingerprint density at radius 3 is 2.71 bits per heavy atom. The summed E-state index contributed by atoms with van der Waals surface area (Å²) in [5.41, 5.74) is 0.239. The van der Waals surface area contributed by atoms with Crippen molar-refractivity contribution in [3.63, 3.8) is 0 Å². The zero-order valence-electron chi connectivity index (χ0n) is 11.9. The van der Waals surface area contributed by atoms with E-state index in [-0.39, 0.29) is 12.0 Å². The molecule has 0 amide bonds. The maximum Gasteiger partial charge on any atom is 0.433 e. The molecule has 0 aliphatic rings. The lowest BCUT2D eigenvalue weighted by atomic mass is 10.1. The molecule has 0 saturated carbocycles. The van der Waals surface area contributed by atoms with Gasteiger partial charge >= 0.3 is 6.18 Å². The Balaban J connectivity index is 1.93. The Labute approximate surface area is 121 Å². The summed E-state index contributed by atoms with van der Waals surface area (Å²) in [5.74, 6) is 0.00389. The molecule has 7 heteroatoms. The van der Waals surface area contributed by atoms with Gasteiger partial charge in [0.15, 0.2) is 0 Å². The number of anilines is 1. The van der Waals surface area contributed by atoms with Crippen LogP contribution in [0.25, 0.3) is 0 Å². The standard InChI is InChI=1S/C14H17F3N4/c1-10(5-6-11-4-3-9-21(11)2)19-13-18-8-7-12(20-13)14(15,16)17/h3-4,7-10H,5-6H2,1-2H3,(H,18,19,20)/t10-/m1/s1. The number of aromatic nitrogens is 3.